The van der Waals surface area contributed by atoms with Crippen molar-refractivity contribution in [2.75, 3.05) is 5.32 Å². The predicted octanol–water partition coefficient (Wildman–Crippen LogP) is 2.62. The fourth-order valence-corrected chi connectivity index (χ4v) is 4.07. The molecular formula is C23H19NO5. The Labute approximate surface area is 165 Å². The average molecular weight is 389 g/mol. The van der Waals surface area contributed by atoms with Gasteiger partial charge in [0, 0.05) is 43.8 Å². The lowest BCUT2D eigenvalue weighted by Crippen LogP contribution is -2.32. The maximum absolute atomic E-state index is 12.7. The Bertz CT molecular complexity index is 1370. The molecule has 0 spiro atoms. The van der Waals surface area contributed by atoms with Gasteiger partial charge in [-0.2, -0.15) is 0 Å². The molecule has 6 heteroatoms. The van der Waals surface area contributed by atoms with Gasteiger partial charge in [0.05, 0.1) is 0 Å². The van der Waals surface area contributed by atoms with E-state index in [0.29, 0.717) is 17.5 Å². The molecule has 0 bridgehead atoms. The normalized spacial score (nSPS) is 12.2. The first-order chi connectivity index (χ1) is 13.7. The summed E-state index contributed by atoms with van der Waals surface area (Å²) in [6, 6.07) is 7.30. The highest BCUT2D eigenvalue weighted by molar-refractivity contribution is 6.13. The van der Waals surface area contributed by atoms with E-state index in [9.17, 15) is 24.0 Å². The zero-order valence-electron chi connectivity index (χ0n) is 16.3. The topological polar surface area (TPSA) is 97.4 Å². The van der Waals surface area contributed by atoms with Crippen molar-refractivity contribution in [3.63, 3.8) is 0 Å². The highest BCUT2D eigenvalue weighted by atomic mass is 16.2. The lowest BCUT2D eigenvalue weighted by Gasteiger charge is -2.23. The third-order valence-corrected chi connectivity index (χ3v) is 5.59. The van der Waals surface area contributed by atoms with Crippen molar-refractivity contribution in [3.8, 4) is 11.1 Å². The Morgan fingerprint density at radius 3 is 1.76 bits per heavy atom. The largest absolute Gasteiger partial charge is 0.326 e. The molecule has 1 N–H and O–H groups in total. The van der Waals surface area contributed by atoms with Crippen LogP contribution in [0.3, 0.4) is 0 Å². The minimum absolute atomic E-state index is 0.0388. The summed E-state index contributed by atoms with van der Waals surface area (Å²) in [6.45, 7) is 5.59. The molecule has 29 heavy (non-hydrogen) atoms. The number of carbonyl (C=O) groups is 1. The highest BCUT2D eigenvalue weighted by Crippen LogP contribution is 2.36. The molecule has 0 unspecified atom stereocenters. The van der Waals surface area contributed by atoms with Gasteiger partial charge in [-0.15, -0.1) is 0 Å². The van der Waals surface area contributed by atoms with Gasteiger partial charge in [0.25, 0.3) is 0 Å². The van der Waals surface area contributed by atoms with Gasteiger partial charge in [-0.3, -0.25) is 24.0 Å². The van der Waals surface area contributed by atoms with Gasteiger partial charge in [0.1, 0.15) is 0 Å². The molecule has 4 rings (SSSR count). The lowest BCUT2D eigenvalue weighted by atomic mass is 9.85. The molecule has 2 aliphatic carbocycles. The van der Waals surface area contributed by atoms with Crippen LogP contribution in [-0.4, -0.2) is 5.91 Å². The second-order valence-corrected chi connectivity index (χ2v) is 8.08. The summed E-state index contributed by atoms with van der Waals surface area (Å²) in [4.78, 5) is 63.3. The molecule has 6 nitrogen and oxygen atoms in total. The van der Waals surface area contributed by atoms with E-state index < -0.39 is 27.1 Å². The summed E-state index contributed by atoms with van der Waals surface area (Å²) >= 11 is 0. The van der Waals surface area contributed by atoms with E-state index in [2.05, 4.69) is 5.32 Å². The quantitative estimate of drug-likeness (QED) is 0.427. The van der Waals surface area contributed by atoms with Gasteiger partial charge in [0.15, 0.2) is 0 Å². The summed E-state index contributed by atoms with van der Waals surface area (Å²) in [5, 5.41) is 3.07. The number of hydrogen-bond acceptors (Lipinski definition) is 5. The molecule has 0 heterocycles. The Balaban J connectivity index is 2.07. The van der Waals surface area contributed by atoms with Crippen LogP contribution in [-0.2, 0) is 4.79 Å². The third-order valence-electron chi connectivity index (χ3n) is 5.59. The maximum atomic E-state index is 12.7. The van der Waals surface area contributed by atoms with Crippen molar-refractivity contribution >= 4 is 33.1 Å². The number of anilines is 1. The Morgan fingerprint density at radius 2 is 1.28 bits per heavy atom. The minimum Gasteiger partial charge on any atom is -0.326 e. The number of nitrogens with one attached hydrogen (secondary N) is 1. The van der Waals surface area contributed by atoms with Gasteiger partial charge < -0.3 is 5.32 Å². The van der Waals surface area contributed by atoms with Crippen molar-refractivity contribution in [2.24, 2.45) is 5.41 Å². The van der Waals surface area contributed by atoms with Crippen molar-refractivity contribution in [2.45, 2.75) is 33.6 Å². The lowest BCUT2D eigenvalue weighted by molar-refractivity contribution is -0.124. The Hall–Kier alpha value is -3.41. The molecule has 0 radical (unpaired) electrons. The minimum atomic E-state index is -0.753. The first-order valence-corrected chi connectivity index (χ1v) is 9.48. The molecule has 2 aliphatic rings. The van der Waals surface area contributed by atoms with Gasteiger partial charge in [0.2, 0.25) is 27.6 Å². The number of hydrogen-bond donors (Lipinski definition) is 1. The molecule has 1 amide bonds. The predicted molar refractivity (Wildman–Crippen MR) is 114 cm³/mol. The van der Waals surface area contributed by atoms with E-state index in [1.165, 1.54) is 30.3 Å². The number of rotatable bonds is 4. The summed E-state index contributed by atoms with van der Waals surface area (Å²) in [6.07, 6.45) is 1.47. The van der Waals surface area contributed by atoms with Crippen molar-refractivity contribution in [3.05, 3.63) is 71.2 Å². The molecule has 0 saturated carbocycles. The molecule has 2 aromatic rings. The fourth-order valence-electron chi connectivity index (χ4n) is 4.07. The van der Waals surface area contributed by atoms with Crippen molar-refractivity contribution in [1.29, 1.82) is 0 Å². The highest BCUT2D eigenvalue weighted by Gasteiger charge is 2.28. The fraction of sp³-hybridized carbons (Fsp3) is 0.261. The van der Waals surface area contributed by atoms with Gasteiger partial charge in [-0.05, 0) is 18.6 Å². The first-order valence-electron chi connectivity index (χ1n) is 9.48. The summed E-state index contributed by atoms with van der Waals surface area (Å²) in [5.41, 5.74) is -2.76. The van der Waals surface area contributed by atoms with Crippen LogP contribution >= 0.6 is 0 Å². The second-order valence-electron chi connectivity index (χ2n) is 8.08. The summed E-state index contributed by atoms with van der Waals surface area (Å²) in [7, 11) is 0. The van der Waals surface area contributed by atoms with E-state index in [1.54, 1.807) is 13.8 Å². The second kappa shape index (κ2) is 6.30. The summed E-state index contributed by atoms with van der Waals surface area (Å²) in [5.74, 6) is -0.267. The van der Waals surface area contributed by atoms with E-state index in [-0.39, 0.29) is 33.1 Å². The van der Waals surface area contributed by atoms with Crippen LogP contribution in [0, 0.1) is 5.41 Å². The number of benzene rings is 4. The van der Waals surface area contributed by atoms with E-state index in [0.717, 1.165) is 6.42 Å². The third kappa shape index (κ3) is 2.67. The van der Waals surface area contributed by atoms with Crippen molar-refractivity contribution in [1.82, 2.24) is 0 Å². The van der Waals surface area contributed by atoms with Crippen LogP contribution in [0.4, 0.5) is 5.69 Å². The molecule has 2 aromatic carbocycles. The molecule has 0 aromatic heterocycles. The first kappa shape index (κ1) is 18.9. The van der Waals surface area contributed by atoms with Crippen LogP contribution in [0.5, 0.6) is 0 Å². The summed E-state index contributed by atoms with van der Waals surface area (Å²) < 4.78 is 0. The van der Waals surface area contributed by atoms with Crippen LogP contribution in [0.2, 0.25) is 0 Å². The van der Waals surface area contributed by atoms with Crippen LogP contribution < -0.4 is 27.0 Å². The molecule has 0 saturated heterocycles. The van der Waals surface area contributed by atoms with Crippen LogP contribution in [0.25, 0.3) is 32.7 Å². The molecule has 0 atom stereocenters. The van der Waals surface area contributed by atoms with Gasteiger partial charge in [-0.1, -0.05) is 45.4 Å². The number of amides is 1. The SMILES string of the molecule is CCCC(C)(C)C(=O)Nc1cc2c3c(c1)c(=O)c(=O)c1cccc(c1-3)c(=O)c2=O. The van der Waals surface area contributed by atoms with Crippen LogP contribution in [0.1, 0.15) is 33.6 Å². The van der Waals surface area contributed by atoms with E-state index >= 15 is 0 Å². The molecule has 0 aliphatic heterocycles. The standard InChI is InChI=1S/C23H19NO5/c1-4-8-23(2,3)22(29)24-11-9-14-17-15(10-11)21(28)19(26)13-7-5-6-12(16(13)17)18(25)20(14)27/h5-7,9-10H,4,8H2,1-3H3,(H,24,29). The average Bonchev–Trinajstić information content (AvgIpc) is 2.69. The number of carbonyl (C=O) groups excluding carboxylic acids is 1. The van der Waals surface area contributed by atoms with E-state index in [4.69, 9.17) is 0 Å². The molecule has 146 valence electrons. The smallest absolute Gasteiger partial charge is 0.234 e. The Kier molecular flexibility index (Phi) is 4.12. The van der Waals surface area contributed by atoms with Gasteiger partial charge >= 0.3 is 0 Å². The Morgan fingerprint density at radius 1 is 0.828 bits per heavy atom. The van der Waals surface area contributed by atoms with Crippen LogP contribution in [0.15, 0.2) is 49.5 Å². The zero-order valence-corrected chi connectivity index (χ0v) is 16.3. The maximum Gasteiger partial charge on any atom is 0.234 e. The van der Waals surface area contributed by atoms with Crippen molar-refractivity contribution < 1.29 is 4.79 Å². The van der Waals surface area contributed by atoms with Gasteiger partial charge in [-0.25, -0.2) is 0 Å². The van der Waals surface area contributed by atoms with E-state index in [1.807, 2.05) is 6.92 Å². The molecular weight excluding hydrogens is 370 g/mol. The zero-order chi connectivity index (χ0) is 21.1. The molecule has 0 fully saturated rings. The monoisotopic (exact) mass is 389 g/mol.